The van der Waals surface area contributed by atoms with Gasteiger partial charge in [-0.3, -0.25) is 4.90 Å². The van der Waals surface area contributed by atoms with Gasteiger partial charge in [0.2, 0.25) is 0 Å². The number of aryl methyl sites for hydroxylation is 1. The van der Waals surface area contributed by atoms with Gasteiger partial charge in [0.1, 0.15) is 11.5 Å². The van der Waals surface area contributed by atoms with Crippen LogP contribution in [0.5, 0.6) is 0 Å². The monoisotopic (exact) mass is 363 g/mol. The number of hydrogen-bond donors (Lipinski definition) is 1. The summed E-state index contributed by atoms with van der Waals surface area (Å²) < 4.78 is 7.80. The zero-order valence-corrected chi connectivity index (χ0v) is 15.6. The van der Waals surface area contributed by atoms with Crippen LogP contribution in [-0.4, -0.2) is 38.8 Å². The Labute approximate surface area is 159 Å². The Hall–Kier alpha value is -2.37. The Balaban J connectivity index is 1.41. The zero-order valence-electron chi connectivity index (χ0n) is 15.6. The lowest BCUT2D eigenvalue weighted by Crippen LogP contribution is -2.48. The zero-order chi connectivity index (χ0) is 18.4. The van der Waals surface area contributed by atoms with E-state index < -0.39 is 6.10 Å². The van der Waals surface area contributed by atoms with E-state index in [0.717, 1.165) is 44.0 Å². The molecule has 5 rings (SSSR count). The summed E-state index contributed by atoms with van der Waals surface area (Å²) >= 11 is 0. The van der Waals surface area contributed by atoms with Crippen molar-refractivity contribution in [3.05, 3.63) is 77.8 Å². The summed E-state index contributed by atoms with van der Waals surface area (Å²) in [6, 6.07) is 12.6. The molecular formula is C22H25N3O2. The molecule has 3 aromatic rings. The molecule has 0 amide bonds. The molecule has 2 aromatic heterocycles. The topological polar surface area (TPSA) is 54.4 Å². The van der Waals surface area contributed by atoms with Crippen LogP contribution in [0.4, 0.5) is 0 Å². The van der Waals surface area contributed by atoms with Crippen molar-refractivity contribution in [1.29, 1.82) is 0 Å². The van der Waals surface area contributed by atoms with Gasteiger partial charge >= 0.3 is 0 Å². The van der Waals surface area contributed by atoms with E-state index in [0.29, 0.717) is 0 Å². The number of aliphatic hydroxyl groups excluding tert-OH is 1. The van der Waals surface area contributed by atoms with Gasteiger partial charge in [0, 0.05) is 17.8 Å². The van der Waals surface area contributed by atoms with E-state index in [-0.39, 0.29) is 11.5 Å². The van der Waals surface area contributed by atoms with E-state index in [1.54, 1.807) is 6.20 Å². The molecule has 5 nitrogen and oxygen atoms in total. The van der Waals surface area contributed by atoms with E-state index in [4.69, 9.17) is 4.42 Å². The van der Waals surface area contributed by atoms with Crippen LogP contribution in [0.2, 0.25) is 0 Å². The van der Waals surface area contributed by atoms with Crippen LogP contribution in [0.15, 0.2) is 59.5 Å². The Morgan fingerprint density at radius 2 is 2.00 bits per heavy atom. The minimum Gasteiger partial charge on any atom is -0.465 e. The van der Waals surface area contributed by atoms with Gasteiger partial charge in [-0.05, 0) is 56.1 Å². The van der Waals surface area contributed by atoms with Crippen molar-refractivity contribution < 1.29 is 9.52 Å². The standard InChI is InChI=1S/C22H25N3O2/c1-16-6-7-17(27-16)14-24-11-8-22(9-12-24)19-5-3-2-4-18(19)20(21(22)26)25-13-10-23-15-25/h2-7,10,13,15,20-21,26H,8-9,11-12,14H2,1H3/t20-,21+/m1/s1. The van der Waals surface area contributed by atoms with Crippen molar-refractivity contribution in [2.75, 3.05) is 13.1 Å². The molecule has 5 heteroatoms. The first-order chi connectivity index (χ1) is 13.2. The van der Waals surface area contributed by atoms with Crippen LogP contribution in [0, 0.1) is 6.92 Å². The average molecular weight is 363 g/mol. The highest BCUT2D eigenvalue weighted by molar-refractivity contribution is 5.46. The van der Waals surface area contributed by atoms with Gasteiger partial charge in [-0.25, -0.2) is 4.98 Å². The molecule has 1 aromatic carbocycles. The smallest absolute Gasteiger partial charge is 0.118 e. The van der Waals surface area contributed by atoms with Crippen LogP contribution in [0.1, 0.15) is 41.5 Å². The van der Waals surface area contributed by atoms with Crippen molar-refractivity contribution in [3.8, 4) is 0 Å². The van der Waals surface area contributed by atoms with Gasteiger partial charge in [-0.1, -0.05) is 24.3 Å². The average Bonchev–Trinajstić information content (AvgIpc) is 3.39. The Morgan fingerprint density at radius 1 is 1.19 bits per heavy atom. The Morgan fingerprint density at radius 3 is 2.70 bits per heavy atom. The Bertz CT molecular complexity index is 923. The maximum Gasteiger partial charge on any atom is 0.118 e. The van der Waals surface area contributed by atoms with Crippen molar-refractivity contribution in [1.82, 2.24) is 14.5 Å². The predicted octanol–water partition coefficient (Wildman–Crippen LogP) is 3.28. The third kappa shape index (κ3) is 2.65. The van der Waals surface area contributed by atoms with Gasteiger partial charge in [0.15, 0.2) is 0 Å². The second-order valence-corrected chi connectivity index (χ2v) is 7.93. The summed E-state index contributed by atoms with van der Waals surface area (Å²) in [5.74, 6) is 1.98. The molecule has 1 saturated heterocycles. The van der Waals surface area contributed by atoms with Gasteiger partial charge < -0.3 is 14.1 Å². The van der Waals surface area contributed by atoms with Crippen LogP contribution in [0.3, 0.4) is 0 Å². The second kappa shape index (κ2) is 6.36. The highest BCUT2D eigenvalue weighted by atomic mass is 16.3. The maximum atomic E-state index is 11.5. The number of likely N-dealkylation sites (tertiary alicyclic amines) is 1. The molecule has 1 spiro atoms. The fraction of sp³-hybridized carbons (Fsp3) is 0.409. The van der Waals surface area contributed by atoms with Crippen LogP contribution in [0.25, 0.3) is 0 Å². The summed E-state index contributed by atoms with van der Waals surface area (Å²) in [6.07, 6.45) is 7.04. The molecule has 1 fully saturated rings. The molecule has 1 aliphatic heterocycles. The predicted molar refractivity (Wildman–Crippen MR) is 102 cm³/mol. The van der Waals surface area contributed by atoms with E-state index in [2.05, 4.69) is 44.8 Å². The van der Waals surface area contributed by atoms with Crippen LogP contribution in [-0.2, 0) is 12.0 Å². The second-order valence-electron chi connectivity index (χ2n) is 7.93. The number of hydrogen-bond acceptors (Lipinski definition) is 4. The number of imidazole rings is 1. The molecule has 1 aliphatic carbocycles. The molecule has 2 atom stereocenters. The first-order valence-electron chi connectivity index (χ1n) is 9.70. The van der Waals surface area contributed by atoms with Crippen molar-refractivity contribution in [3.63, 3.8) is 0 Å². The van der Waals surface area contributed by atoms with Gasteiger partial charge in [0.25, 0.3) is 0 Å². The number of aromatic nitrogens is 2. The fourth-order valence-corrected chi connectivity index (χ4v) is 5.06. The van der Waals surface area contributed by atoms with Crippen molar-refractivity contribution >= 4 is 0 Å². The minimum absolute atomic E-state index is 0.0528. The summed E-state index contributed by atoms with van der Waals surface area (Å²) in [6.45, 7) is 4.74. The molecule has 2 aliphatic rings. The summed E-state index contributed by atoms with van der Waals surface area (Å²) in [7, 11) is 0. The summed E-state index contributed by atoms with van der Waals surface area (Å²) in [5, 5.41) is 11.5. The number of benzene rings is 1. The molecule has 3 heterocycles. The van der Waals surface area contributed by atoms with Gasteiger partial charge in [0.05, 0.1) is 25.0 Å². The summed E-state index contributed by atoms with van der Waals surface area (Å²) in [4.78, 5) is 6.64. The van der Waals surface area contributed by atoms with E-state index in [9.17, 15) is 5.11 Å². The van der Waals surface area contributed by atoms with Crippen LogP contribution < -0.4 is 0 Å². The number of nitrogens with zero attached hydrogens (tertiary/aromatic N) is 3. The van der Waals surface area contributed by atoms with E-state index in [1.165, 1.54) is 11.1 Å². The summed E-state index contributed by atoms with van der Waals surface area (Å²) in [5.41, 5.74) is 2.36. The SMILES string of the molecule is Cc1ccc(CN2CCC3(CC2)c2ccccc2[C@@H](n2ccnc2)[C@@H]3O)o1. The van der Waals surface area contributed by atoms with Gasteiger partial charge in [-0.2, -0.15) is 0 Å². The first kappa shape index (κ1) is 16.8. The van der Waals surface area contributed by atoms with E-state index in [1.807, 2.05) is 25.5 Å². The number of fused-ring (bicyclic) bond motifs is 2. The number of aliphatic hydroxyl groups is 1. The minimum atomic E-state index is -0.433. The maximum absolute atomic E-state index is 11.5. The largest absolute Gasteiger partial charge is 0.465 e. The first-order valence-corrected chi connectivity index (χ1v) is 9.70. The molecule has 140 valence electrons. The van der Waals surface area contributed by atoms with Gasteiger partial charge in [-0.15, -0.1) is 0 Å². The molecule has 0 unspecified atom stereocenters. The molecular weight excluding hydrogens is 338 g/mol. The third-order valence-corrected chi connectivity index (χ3v) is 6.45. The quantitative estimate of drug-likeness (QED) is 0.776. The molecule has 0 bridgehead atoms. The third-order valence-electron chi connectivity index (χ3n) is 6.45. The lowest BCUT2D eigenvalue weighted by atomic mass is 9.72. The van der Waals surface area contributed by atoms with E-state index >= 15 is 0 Å². The van der Waals surface area contributed by atoms with Crippen molar-refractivity contribution in [2.24, 2.45) is 0 Å². The number of furan rings is 1. The lowest BCUT2D eigenvalue weighted by Gasteiger charge is -2.42. The number of piperidine rings is 1. The highest BCUT2D eigenvalue weighted by Gasteiger charge is 2.53. The molecule has 0 saturated carbocycles. The molecule has 1 N–H and O–H groups in total. The Kier molecular flexibility index (Phi) is 3.95. The molecule has 0 radical (unpaired) electrons. The molecule has 27 heavy (non-hydrogen) atoms. The lowest BCUT2D eigenvalue weighted by molar-refractivity contribution is 0.0193. The van der Waals surface area contributed by atoms with Crippen LogP contribution >= 0.6 is 0 Å². The van der Waals surface area contributed by atoms with Crippen molar-refractivity contribution in [2.45, 2.75) is 43.9 Å². The fourth-order valence-electron chi connectivity index (χ4n) is 5.06. The number of rotatable bonds is 3. The normalized spacial score (nSPS) is 24.4. The highest BCUT2D eigenvalue weighted by Crippen LogP contribution is 2.52.